The number of rotatable bonds is 5. The van der Waals surface area contributed by atoms with Gasteiger partial charge in [0.05, 0.1) is 0 Å². The van der Waals surface area contributed by atoms with Crippen LogP contribution >= 0.6 is 0 Å². The number of alkyl halides is 3. The molecule has 2 rings (SSSR count). The van der Waals surface area contributed by atoms with E-state index >= 15 is 0 Å². The van der Waals surface area contributed by atoms with Crippen LogP contribution < -0.4 is 5.32 Å². The van der Waals surface area contributed by atoms with Gasteiger partial charge in [-0.15, -0.1) is 0 Å². The predicted octanol–water partition coefficient (Wildman–Crippen LogP) is 2.69. The largest absolute Gasteiger partial charge is 0.435 e. The molecule has 0 unspecified atom stereocenters. The number of halogens is 3. The minimum absolute atomic E-state index is 0.135. The van der Waals surface area contributed by atoms with Gasteiger partial charge in [0, 0.05) is 24.1 Å². The highest BCUT2D eigenvalue weighted by Gasteiger charge is 2.37. The highest BCUT2D eigenvalue weighted by Crippen LogP contribution is 2.30. The Morgan fingerprint density at radius 2 is 2.04 bits per heavy atom. The molecule has 0 bridgehead atoms. The second kappa shape index (κ2) is 7.04. The molecule has 130 valence electrons. The molecule has 0 spiro atoms. The van der Waals surface area contributed by atoms with Crippen LogP contribution in [0.3, 0.4) is 0 Å². The van der Waals surface area contributed by atoms with Crippen molar-refractivity contribution in [3.05, 3.63) is 46.8 Å². The number of benzene rings is 1. The molecule has 0 aliphatic carbocycles. The molecule has 0 fully saturated rings. The molecule has 0 atom stereocenters. The Labute approximate surface area is 137 Å². The molecular weight excluding hydrogens is 323 g/mol. The van der Waals surface area contributed by atoms with E-state index in [9.17, 15) is 18.0 Å². The second-order valence-corrected chi connectivity index (χ2v) is 5.54. The van der Waals surface area contributed by atoms with Gasteiger partial charge in [-0.2, -0.15) is 18.3 Å². The summed E-state index contributed by atoms with van der Waals surface area (Å²) in [6.45, 7) is 2.98. The molecular formula is C16H18F3N3O2. The zero-order valence-corrected chi connectivity index (χ0v) is 13.3. The monoisotopic (exact) mass is 341 g/mol. The van der Waals surface area contributed by atoms with Crippen molar-refractivity contribution in [2.24, 2.45) is 0 Å². The van der Waals surface area contributed by atoms with Gasteiger partial charge in [0.25, 0.3) is 0 Å². The van der Waals surface area contributed by atoms with E-state index < -0.39 is 24.4 Å². The quantitative estimate of drug-likeness (QED) is 0.879. The number of nitrogens with one attached hydrogen (secondary N) is 1. The smallest absolute Gasteiger partial charge is 0.396 e. The number of aryl methyl sites for hydroxylation is 2. The van der Waals surface area contributed by atoms with Crippen molar-refractivity contribution in [1.82, 2.24) is 9.78 Å². The normalized spacial score (nSPS) is 11.6. The topological polar surface area (TPSA) is 67.2 Å². The van der Waals surface area contributed by atoms with E-state index in [4.69, 9.17) is 5.11 Å². The van der Waals surface area contributed by atoms with Gasteiger partial charge in [-0.1, -0.05) is 17.7 Å². The van der Waals surface area contributed by atoms with Crippen LogP contribution in [0.4, 0.5) is 18.9 Å². The van der Waals surface area contributed by atoms with E-state index in [1.807, 2.05) is 26.0 Å². The van der Waals surface area contributed by atoms with Gasteiger partial charge in [-0.25, -0.2) is 0 Å². The molecule has 1 aromatic heterocycles. The van der Waals surface area contributed by atoms with E-state index in [1.165, 1.54) is 0 Å². The predicted molar refractivity (Wildman–Crippen MR) is 82.6 cm³/mol. The molecule has 0 aliphatic rings. The number of nitrogens with zero attached hydrogens (tertiary/aromatic N) is 2. The number of amides is 1. The Hall–Kier alpha value is -2.35. The molecule has 5 nitrogen and oxygen atoms in total. The Balaban J connectivity index is 2.14. The summed E-state index contributed by atoms with van der Waals surface area (Å²) in [5.41, 5.74) is 1.30. The molecule has 1 amide bonds. The average Bonchev–Trinajstić information content (AvgIpc) is 2.85. The highest BCUT2D eigenvalue weighted by molar-refractivity contribution is 5.91. The molecule has 2 N–H and O–H groups in total. The van der Waals surface area contributed by atoms with E-state index in [2.05, 4.69) is 10.4 Å². The Morgan fingerprint density at radius 1 is 1.33 bits per heavy atom. The van der Waals surface area contributed by atoms with Crippen molar-refractivity contribution in [3.63, 3.8) is 0 Å². The first-order valence-corrected chi connectivity index (χ1v) is 7.32. The third-order valence-corrected chi connectivity index (χ3v) is 3.45. The molecule has 0 saturated carbocycles. The zero-order chi connectivity index (χ0) is 17.9. The number of aliphatic hydroxyl groups excluding tert-OH is 1. The maximum atomic E-state index is 12.9. The summed E-state index contributed by atoms with van der Waals surface area (Å²) in [6.07, 6.45) is -3.66. The lowest BCUT2D eigenvalue weighted by atomic mass is 10.1. The van der Waals surface area contributed by atoms with Crippen molar-refractivity contribution in [2.75, 3.05) is 11.9 Å². The SMILES string of the molecule is Cc1ccc(NC(=O)Cn2cc(CCO)c(C(F)(F)F)n2)c(C)c1. The number of anilines is 1. The Bertz CT molecular complexity index is 739. The highest BCUT2D eigenvalue weighted by atomic mass is 19.4. The molecule has 1 aromatic carbocycles. The van der Waals surface area contributed by atoms with Gasteiger partial charge in [-0.3, -0.25) is 9.48 Å². The standard InChI is InChI=1S/C16H18F3N3O2/c1-10-3-4-13(11(2)7-10)20-14(24)9-22-8-12(5-6-23)15(21-22)16(17,18)19/h3-4,7-8,23H,5-6,9H2,1-2H3,(H,20,24). The van der Waals surface area contributed by atoms with E-state index in [1.54, 1.807) is 6.07 Å². The van der Waals surface area contributed by atoms with Gasteiger partial charge in [0.1, 0.15) is 6.54 Å². The Kier molecular flexibility index (Phi) is 5.28. The summed E-state index contributed by atoms with van der Waals surface area (Å²) in [5, 5.41) is 15.0. The third kappa shape index (κ3) is 4.35. The summed E-state index contributed by atoms with van der Waals surface area (Å²) >= 11 is 0. The van der Waals surface area contributed by atoms with Gasteiger partial charge in [-0.05, 0) is 31.9 Å². The van der Waals surface area contributed by atoms with Crippen molar-refractivity contribution in [1.29, 1.82) is 0 Å². The van der Waals surface area contributed by atoms with Gasteiger partial charge in [0.2, 0.25) is 5.91 Å². The number of carbonyl (C=O) groups excluding carboxylic acids is 1. The lowest BCUT2D eigenvalue weighted by Crippen LogP contribution is -2.20. The summed E-state index contributed by atoms with van der Waals surface area (Å²) in [4.78, 5) is 12.0. The number of hydrogen-bond donors (Lipinski definition) is 2. The van der Waals surface area contributed by atoms with Crippen LogP contribution in [0.15, 0.2) is 24.4 Å². The van der Waals surface area contributed by atoms with Crippen LogP contribution in [-0.2, 0) is 23.9 Å². The fourth-order valence-corrected chi connectivity index (χ4v) is 2.38. The van der Waals surface area contributed by atoms with E-state index in [0.717, 1.165) is 22.0 Å². The van der Waals surface area contributed by atoms with Crippen molar-refractivity contribution in [2.45, 2.75) is 33.0 Å². The molecule has 24 heavy (non-hydrogen) atoms. The second-order valence-electron chi connectivity index (χ2n) is 5.54. The summed E-state index contributed by atoms with van der Waals surface area (Å²) in [6, 6.07) is 5.46. The first-order valence-electron chi connectivity index (χ1n) is 7.32. The first kappa shape index (κ1) is 18.0. The van der Waals surface area contributed by atoms with Crippen LogP contribution in [0.5, 0.6) is 0 Å². The fourth-order valence-electron chi connectivity index (χ4n) is 2.38. The molecule has 1 heterocycles. The van der Waals surface area contributed by atoms with Crippen LogP contribution in [0.25, 0.3) is 0 Å². The molecule has 8 heteroatoms. The van der Waals surface area contributed by atoms with Crippen molar-refractivity contribution < 1.29 is 23.1 Å². The first-order chi connectivity index (χ1) is 11.2. The van der Waals surface area contributed by atoms with Crippen LogP contribution in [0.2, 0.25) is 0 Å². The third-order valence-electron chi connectivity index (χ3n) is 3.45. The minimum Gasteiger partial charge on any atom is -0.396 e. The van der Waals surface area contributed by atoms with Crippen LogP contribution in [0.1, 0.15) is 22.4 Å². The van der Waals surface area contributed by atoms with E-state index in [0.29, 0.717) is 5.69 Å². The van der Waals surface area contributed by atoms with Gasteiger partial charge < -0.3 is 10.4 Å². The molecule has 2 aromatic rings. The van der Waals surface area contributed by atoms with Crippen LogP contribution in [0, 0.1) is 13.8 Å². The number of hydrogen-bond acceptors (Lipinski definition) is 3. The van der Waals surface area contributed by atoms with Gasteiger partial charge >= 0.3 is 6.18 Å². The zero-order valence-electron chi connectivity index (χ0n) is 13.3. The van der Waals surface area contributed by atoms with Crippen LogP contribution in [-0.4, -0.2) is 27.4 Å². The number of carbonyl (C=O) groups is 1. The summed E-state index contributed by atoms with van der Waals surface area (Å²) < 4.78 is 39.6. The lowest BCUT2D eigenvalue weighted by molar-refractivity contribution is -0.142. The van der Waals surface area contributed by atoms with Crippen molar-refractivity contribution >= 4 is 11.6 Å². The molecule has 0 saturated heterocycles. The van der Waals surface area contributed by atoms with Gasteiger partial charge in [0.15, 0.2) is 5.69 Å². The number of aromatic nitrogens is 2. The molecule has 0 radical (unpaired) electrons. The minimum atomic E-state index is -4.63. The average molecular weight is 341 g/mol. The Morgan fingerprint density at radius 3 is 2.62 bits per heavy atom. The van der Waals surface area contributed by atoms with E-state index in [-0.39, 0.29) is 18.5 Å². The lowest BCUT2D eigenvalue weighted by Gasteiger charge is -2.09. The number of aliphatic hydroxyl groups is 1. The molecule has 0 aliphatic heterocycles. The summed E-state index contributed by atoms with van der Waals surface area (Å²) in [7, 11) is 0. The maximum absolute atomic E-state index is 12.9. The maximum Gasteiger partial charge on any atom is 0.435 e. The van der Waals surface area contributed by atoms with Crippen molar-refractivity contribution in [3.8, 4) is 0 Å². The fraction of sp³-hybridized carbons (Fsp3) is 0.375. The summed E-state index contributed by atoms with van der Waals surface area (Å²) in [5.74, 6) is -0.478.